The van der Waals surface area contributed by atoms with Gasteiger partial charge in [0.2, 0.25) is 0 Å². The zero-order chi connectivity index (χ0) is 18.6. The fraction of sp³-hybridized carbons (Fsp3) is 0.600. The highest BCUT2D eigenvalue weighted by molar-refractivity contribution is 9.10. The molecule has 0 aliphatic rings. The van der Waals surface area contributed by atoms with Crippen LogP contribution in [0.1, 0.15) is 25.8 Å². The minimum Gasteiger partial charge on any atom is -0.270 e. The molecular weight excluding hydrogens is 420 g/mol. The van der Waals surface area contributed by atoms with Crippen molar-refractivity contribution in [2.45, 2.75) is 25.7 Å². The summed E-state index contributed by atoms with van der Waals surface area (Å²) in [6.07, 6.45) is 2.40. The normalized spacial score (nSPS) is 16.5. The van der Waals surface area contributed by atoms with Crippen molar-refractivity contribution >= 4 is 36.2 Å². The lowest BCUT2D eigenvalue weighted by atomic mass is 9.71. The first-order valence-corrected chi connectivity index (χ1v) is 11.7. The Morgan fingerprint density at radius 1 is 1.12 bits per heavy atom. The van der Waals surface area contributed by atoms with E-state index in [1.54, 1.807) is 0 Å². The predicted molar refractivity (Wildman–Crippen MR) is 96.9 cm³/mol. The van der Waals surface area contributed by atoms with Gasteiger partial charge in [0.05, 0.1) is 25.7 Å². The lowest BCUT2D eigenvalue weighted by molar-refractivity contribution is 0.165. The smallest absolute Gasteiger partial charge is 0.264 e. The Balaban J connectivity index is 3.05. The maximum atomic E-state index is 11.3. The van der Waals surface area contributed by atoms with Gasteiger partial charge in [0.1, 0.15) is 0 Å². The summed E-state index contributed by atoms with van der Waals surface area (Å²) < 4.78 is 55.6. The summed E-state index contributed by atoms with van der Waals surface area (Å²) >= 11 is 3.42. The Bertz CT molecular complexity index is 760. The first-order valence-electron chi connectivity index (χ1n) is 7.28. The first-order chi connectivity index (χ1) is 10.8. The molecule has 0 heterocycles. The van der Waals surface area contributed by atoms with Crippen molar-refractivity contribution in [2.24, 2.45) is 5.92 Å². The Morgan fingerprint density at radius 2 is 1.71 bits per heavy atom. The number of hydrogen-bond acceptors (Lipinski definition) is 6. The molecule has 0 bridgehead atoms. The molecule has 0 aliphatic carbocycles. The van der Waals surface area contributed by atoms with Crippen LogP contribution in [0.15, 0.2) is 28.7 Å². The van der Waals surface area contributed by atoms with Crippen molar-refractivity contribution in [3.8, 4) is 0 Å². The van der Waals surface area contributed by atoms with E-state index >= 15 is 0 Å². The van der Waals surface area contributed by atoms with E-state index in [2.05, 4.69) is 15.9 Å². The van der Waals surface area contributed by atoms with Crippen LogP contribution < -0.4 is 0 Å². The number of benzene rings is 1. The highest BCUT2D eigenvalue weighted by atomic mass is 79.9. The highest BCUT2D eigenvalue weighted by Gasteiger charge is 2.34. The topological polar surface area (TPSA) is 86.7 Å². The lowest BCUT2D eigenvalue weighted by Crippen LogP contribution is -2.35. The molecular formula is C15H23BrO6S2. The minimum absolute atomic E-state index is 0.000716. The fourth-order valence-electron chi connectivity index (χ4n) is 2.33. The largest absolute Gasteiger partial charge is 0.270 e. The molecule has 24 heavy (non-hydrogen) atoms. The van der Waals surface area contributed by atoms with Crippen LogP contribution in [0.25, 0.3) is 0 Å². The van der Waals surface area contributed by atoms with Crippen LogP contribution in [-0.4, -0.2) is 42.6 Å². The number of rotatable bonds is 9. The van der Waals surface area contributed by atoms with E-state index in [1.165, 1.54) is 0 Å². The van der Waals surface area contributed by atoms with Crippen LogP contribution >= 0.6 is 15.9 Å². The van der Waals surface area contributed by atoms with Gasteiger partial charge in [0, 0.05) is 4.47 Å². The molecule has 0 spiro atoms. The molecule has 0 saturated heterocycles. The van der Waals surface area contributed by atoms with Gasteiger partial charge >= 0.3 is 0 Å². The fourth-order valence-corrected chi connectivity index (χ4v) is 3.57. The van der Waals surface area contributed by atoms with Crippen LogP contribution in [0.3, 0.4) is 0 Å². The summed E-state index contributed by atoms with van der Waals surface area (Å²) in [6.45, 7) is 3.81. The SMILES string of the molecule is CC(COS(C)(=O)=O)C(C)(CCOS(C)(=O)=O)c1cccc(Br)c1. The van der Waals surface area contributed by atoms with E-state index < -0.39 is 25.7 Å². The molecule has 6 nitrogen and oxygen atoms in total. The van der Waals surface area contributed by atoms with Crippen molar-refractivity contribution in [2.75, 3.05) is 25.7 Å². The van der Waals surface area contributed by atoms with E-state index in [-0.39, 0.29) is 19.1 Å². The molecule has 2 unspecified atom stereocenters. The van der Waals surface area contributed by atoms with Gasteiger partial charge in [-0.1, -0.05) is 41.9 Å². The van der Waals surface area contributed by atoms with Crippen molar-refractivity contribution in [1.29, 1.82) is 0 Å². The Kier molecular flexibility index (Phi) is 7.43. The third-order valence-electron chi connectivity index (χ3n) is 4.02. The maximum Gasteiger partial charge on any atom is 0.264 e. The second kappa shape index (κ2) is 8.27. The summed E-state index contributed by atoms with van der Waals surface area (Å²) in [5.41, 5.74) is 0.415. The predicted octanol–water partition coefficient (Wildman–Crippen LogP) is 2.69. The Labute approximate surface area is 152 Å². The van der Waals surface area contributed by atoms with Crippen LogP contribution in [0.5, 0.6) is 0 Å². The monoisotopic (exact) mass is 442 g/mol. The molecule has 0 aromatic heterocycles. The quantitative estimate of drug-likeness (QED) is 0.546. The second-order valence-electron chi connectivity index (χ2n) is 6.09. The molecule has 0 radical (unpaired) electrons. The average Bonchev–Trinajstić information content (AvgIpc) is 2.42. The highest BCUT2D eigenvalue weighted by Crippen LogP contribution is 2.37. The molecule has 0 aliphatic heterocycles. The van der Waals surface area contributed by atoms with Gasteiger partial charge in [0.25, 0.3) is 20.2 Å². The summed E-state index contributed by atoms with van der Waals surface area (Å²) in [5, 5.41) is 0. The molecule has 138 valence electrons. The van der Waals surface area contributed by atoms with E-state index in [1.807, 2.05) is 38.1 Å². The third-order valence-corrected chi connectivity index (χ3v) is 5.67. The van der Waals surface area contributed by atoms with Gasteiger partial charge in [-0.3, -0.25) is 8.37 Å². The molecule has 2 atom stereocenters. The van der Waals surface area contributed by atoms with Crippen LogP contribution in [-0.2, 0) is 34.0 Å². The first kappa shape index (κ1) is 21.6. The third kappa shape index (κ3) is 7.18. The molecule has 9 heteroatoms. The standard InChI is InChI=1S/C15H23BrO6S2/c1-12(11-22-24(4,19)20)15(2,8-9-21-23(3,17)18)13-6-5-7-14(16)10-13/h5-7,10,12H,8-9,11H2,1-4H3. The minimum atomic E-state index is -3.55. The van der Waals surface area contributed by atoms with Gasteiger partial charge in [0.15, 0.2) is 0 Å². The van der Waals surface area contributed by atoms with Crippen LogP contribution in [0.2, 0.25) is 0 Å². The molecule has 1 aromatic carbocycles. The van der Waals surface area contributed by atoms with Gasteiger partial charge < -0.3 is 0 Å². The Hall–Kier alpha value is -0.480. The zero-order valence-electron chi connectivity index (χ0n) is 14.2. The summed E-state index contributed by atoms with van der Waals surface area (Å²) in [4.78, 5) is 0. The summed E-state index contributed by atoms with van der Waals surface area (Å²) in [6, 6.07) is 7.60. The van der Waals surface area contributed by atoms with Crippen LogP contribution in [0.4, 0.5) is 0 Å². The zero-order valence-corrected chi connectivity index (χ0v) is 17.4. The molecule has 0 N–H and O–H groups in total. The lowest BCUT2D eigenvalue weighted by Gasteiger charge is -2.36. The second-order valence-corrected chi connectivity index (χ2v) is 10.3. The van der Waals surface area contributed by atoms with E-state index in [0.29, 0.717) is 6.42 Å². The number of hydrogen-bond donors (Lipinski definition) is 0. The van der Waals surface area contributed by atoms with Crippen molar-refractivity contribution in [3.05, 3.63) is 34.3 Å². The molecule has 1 rings (SSSR count). The van der Waals surface area contributed by atoms with Gasteiger partial charge in [-0.15, -0.1) is 0 Å². The summed E-state index contributed by atoms with van der Waals surface area (Å²) in [5.74, 6) is -0.190. The van der Waals surface area contributed by atoms with Gasteiger partial charge in [-0.2, -0.15) is 16.8 Å². The van der Waals surface area contributed by atoms with E-state index in [0.717, 1.165) is 22.5 Å². The van der Waals surface area contributed by atoms with Crippen LogP contribution in [0, 0.1) is 5.92 Å². The van der Waals surface area contributed by atoms with Crippen molar-refractivity contribution in [1.82, 2.24) is 0 Å². The summed E-state index contributed by atoms with van der Waals surface area (Å²) in [7, 11) is -7.08. The molecule has 0 saturated carbocycles. The Morgan fingerprint density at radius 3 is 2.21 bits per heavy atom. The maximum absolute atomic E-state index is 11.3. The average molecular weight is 443 g/mol. The van der Waals surface area contributed by atoms with E-state index in [4.69, 9.17) is 8.37 Å². The van der Waals surface area contributed by atoms with E-state index in [9.17, 15) is 16.8 Å². The van der Waals surface area contributed by atoms with Gasteiger partial charge in [-0.05, 0) is 35.4 Å². The number of halogens is 1. The van der Waals surface area contributed by atoms with Crippen molar-refractivity contribution in [3.63, 3.8) is 0 Å². The van der Waals surface area contributed by atoms with Gasteiger partial charge in [-0.25, -0.2) is 0 Å². The molecule has 0 amide bonds. The van der Waals surface area contributed by atoms with Crippen molar-refractivity contribution < 1.29 is 25.2 Å². The molecule has 0 fully saturated rings. The molecule has 1 aromatic rings.